The number of carbonyl (C=O) groups is 2. The minimum atomic E-state index is -4.69. The zero-order valence-electron chi connectivity index (χ0n) is 24.0. The Hall–Kier alpha value is -2.99. The molecule has 9 nitrogen and oxygen atoms in total. The summed E-state index contributed by atoms with van der Waals surface area (Å²) in [4.78, 5) is 29.2. The van der Waals surface area contributed by atoms with E-state index in [0.717, 1.165) is 43.5 Å². The molecule has 6 rings (SSSR count). The summed E-state index contributed by atoms with van der Waals surface area (Å²) in [7, 11) is 1.53. The number of benzene rings is 1. The van der Waals surface area contributed by atoms with Crippen LogP contribution in [0.2, 0.25) is 0 Å². The maximum Gasteiger partial charge on any atom is 0.422 e. The summed E-state index contributed by atoms with van der Waals surface area (Å²) in [5, 5.41) is 0. The van der Waals surface area contributed by atoms with Crippen LogP contribution in [0.1, 0.15) is 69.4 Å². The minimum absolute atomic E-state index is 0.104. The summed E-state index contributed by atoms with van der Waals surface area (Å²) in [6.45, 7) is 3.61. The summed E-state index contributed by atoms with van der Waals surface area (Å²) < 4.78 is 72.6. The van der Waals surface area contributed by atoms with E-state index in [-0.39, 0.29) is 19.1 Å². The monoisotopic (exact) mass is 595 g/mol. The van der Waals surface area contributed by atoms with Crippen LogP contribution in [0.15, 0.2) is 24.0 Å². The highest BCUT2D eigenvalue weighted by molar-refractivity contribution is 5.86. The summed E-state index contributed by atoms with van der Waals surface area (Å²) >= 11 is 0. The Balaban J connectivity index is 1.36. The van der Waals surface area contributed by atoms with E-state index < -0.39 is 54.0 Å². The molecular formula is C30H36F3NO8. The Kier molecular flexibility index (Phi) is 7.15. The van der Waals surface area contributed by atoms with Gasteiger partial charge >= 0.3 is 18.1 Å². The van der Waals surface area contributed by atoms with Gasteiger partial charge in [0.25, 0.3) is 0 Å². The van der Waals surface area contributed by atoms with E-state index >= 15 is 0 Å². The molecule has 230 valence electrons. The fourth-order valence-electron chi connectivity index (χ4n) is 7.53. The average Bonchev–Trinajstić information content (AvgIpc) is 3.60. The molecule has 0 saturated carbocycles. The zero-order chi connectivity index (χ0) is 29.9. The van der Waals surface area contributed by atoms with Crippen molar-refractivity contribution in [3.8, 4) is 11.5 Å². The summed E-state index contributed by atoms with van der Waals surface area (Å²) in [6, 6.07) is 3.95. The first-order valence-corrected chi connectivity index (χ1v) is 14.4. The van der Waals surface area contributed by atoms with Crippen LogP contribution in [-0.4, -0.2) is 79.5 Å². The van der Waals surface area contributed by atoms with E-state index in [1.807, 2.05) is 12.1 Å². The molecule has 0 bridgehead atoms. The molecule has 0 radical (unpaired) electrons. The molecule has 0 amide bonds. The van der Waals surface area contributed by atoms with Crippen molar-refractivity contribution in [2.24, 2.45) is 0 Å². The van der Waals surface area contributed by atoms with E-state index in [2.05, 4.69) is 15.7 Å². The second-order valence-corrected chi connectivity index (χ2v) is 12.5. The lowest BCUT2D eigenvalue weighted by Crippen LogP contribution is -2.54. The van der Waals surface area contributed by atoms with Gasteiger partial charge in [0.15, 0.2) is 29.8 Å². The van der Waals surface area contributed by atoms with E-state index in [1.165, 1.54) is 7.11 Å². The Morgan fingerprint density at radius 2 is 1.83 bits per heavy atom. The number of halogens is 3. The van der Waals surface area contributed by atoms with Crippen LogP contribution in [0, 0.1) is 0 Å². The number of rotatable bonds is 6. The number of hydrogen-bond donors (Lipinski definition) is 0. The van der Waals surface area contributed by atoms with Crippen molar-refractivity contribution in [2.75, 3.05) is 33.6 Å². The van der Waals surface area contributed by atoms with Crippen LogP contribution in [0.4, 0.5) is 13.2 Å². The Labute approximate surface area is 242 Å². The first-order valence-electron chi connectivity index (χ1n) is 14.4. The highest BCUT2D eigenvalue weighted by Crippen LogP contribution is 2.56. The van der Waals surface area contributed by atoms with Gasteiger partial charge in [0, 0.05) is 6.54 Å². The molecule has 5 aliphatic rings. The Morgan fingerprint density at radius 1 is 1.07 bits per heavy atom. The first kappa shape index (κ1) is 29.1. The number of fused-ring (bicyclic) bond motifs is 3. The molecule has 1 aliphatic carbocycles. The molecule has 1 unspecified atom stereocenters. The van der Waals surface area contributed by atoms with Crippen molar-refractivity contribution >= 4 is 11.9 Å². The highest BCUT2D eigenvalue weighted by atomic mass is 19.4. The van der Waals surface area contributed by atoms with E-state index in [0.29, 0.717) is 30.1 Å². The lowest BCUT2D eigenvalue weighted by atomic mass is 9.77. The molecular weight excluding hydrogens is 559 g/mol. The number of ether oxygens (including phenoxy) is 6. The molecule has 1 aromatic rings. The van der Waals surface area contributed by atoms with Gasteiger partial charge in [0.1, 0.15) is 5.76 Å². The first-order chi connectivity index (χ1) is 19.8. The summed E-state index contributed by atoms with van der Waals surface area (Å²) in [5.74, 6) is -0.576. The van der Waals surface area contributed by atoms with Crippen LogP contribution in [0.5, 0.6) is 11.5 Å². The van der Waals surface area contributed by atoms with Gasteiger partial charge in [-0.1, -0.05) is 0 Å². The fourth-order valence-corrected chi connectivity index (χ4v) is 7.53. The van der Waals surface area contributed by atoms with Gasteiger partial charge in [-0.15, -0.1) is 0 Å². The van der Waals surface area contributed by atoms with Gasteiger partial charge in [-0.3, -0.25) is 9.69 Å². The summed E-state index contributed by atoms with van der Waals surface area (Å²) in [5.41, 5.74) is -1.07. The van der Waals surface area contributed by atoms with E-state index in [4.69, 9.17) is 23.7 Å². The third-order valence-electron chi connectivity index (χ3n) is 9.23. The number of alkyl halides is 3. The largest absolute Gasteiger partial charge is 0.497 e. The second kappa shape index (κ2) is 10.3. The molecule has 42 heavy (non-hydrogen) atoms. The maximum atomic E-state index is 14.2. The standard InChI is InChI=1S/C30H36F3NO8/c1-27(2)7-4-9-29(42-27,15-23(35)38-16-30(31,32)33)26(36)41-25-22(37-3)14-28-8-5-10-34(28)11-6-18-12-20-21(40-17-39-20)13-19(18)24(25)28/h12-14,24-25H,4-11,15-17H2,1-3H3/t24-,25?,28+,29-/m1/s1. The van der Waals surface area contributed by atoms with Gasteiger partial charge < -0.3 is 28.4 Å². The third-order valence-corrected chi connectivity index (χ3v) is 9.23. The predicted octanol–water partition coefficient (Wildman–Crippen LogP) is 4.56. The van der Waals surface area contributed by atoms with Gasteiger partial charge in [-0.2, -0.15) is 13.2 Å². The fraction of sp³-hybridized carbons (Fsp3) is 0.667. The van der Waals surface area contributed by atoms with Crippen LogP contribution in [0.25, 0.3) is 0 Å². The SMILES string of the molecule is COC1=C[C@]23CCCN2CCc2cc4c(cc2[C@@H]3C1OC(=O)[C@]1(CC(=O)OCC(F)(F)F)CCCC(C)(C)O1)OCO4. The Morgan fingerprint density at radius 3 is 2.55 bits per heavy atom. The molecule has 1 spiro atoms. The van der Waals surface area contributed by atoms with Crippen molar-refractivity contribution in [2.45, 2.75) is 93.7 Å². The third kappa shape index (κ3) is 5.10. The van der Waals surface area contributed by atoms with Gasteiger partial charge in [-0.25, -0.2) is 4.79 Å². The molecule has 4 aliphatic heterocycles. The number of nitrogens with zero attached hydrogens (tertiary/aromatic N) is 1. The van der Waals surface area contributed by atoms with Gasteiger partial charge in [0.05, 0.1) is 30.6 Å². The molecule has 1 aromatic carbocycles. The summed E-state index contributed by atoms with van der Waals surface area (Å²) in [6.07, 6.45) is -0.424. The quantitative estimate of drug-likeness (QED) is 0.439. The number of carbonyl (C=O) groups excluding carboxylic acids is 2. The Bertz CT molecular complexity index is 1300. The van der Waals surface area contributed by atoms with Crippen LogP contribution < -0.4 is 9.47 Å². The topological polar surface area (TPSA) is 92.8 Å². The van der Waals surface area contributed by atoms with Crippen molar-refractivity contribution in [1.29, 1.82) is 0 Å². The molecule has 2 saturated heterocycles. The molecule has 4 heterocycles. The normalized spacial score (nSPS) is 31.3. The minimum Gasteiger partial charge on any atom is -0.497 e. The van der Waals surface area contributed by atoms with Crippen LogP contribution in [-0.2, 0) is 35.0 Å². The molecule has 0 aromatic heterocycles. The molecule has 2 fully saturated rings. The van der Waals surface area contributed by atoms with Gasteiger partial charge in [-0.05, 0) is 88.3 Å². The smallest absolute Gasteiger partial charge is 0.422 e. The van der Waals surface area contributed by atoms with E-state index in [1.54, 1.807) is 13.8 Å². The average molecular weight is 596 g/mol. The van der Waals surface area contributed by atoms with Crippen LogP contribution >= 0.6 is 0 Å². The lowest BCUT2D eigenvalue weighted by Gasteiger charge is -2.44. The number of methoxy groups -OCH3 is 1. The zero-order valence-corrected chi connectivity index (χ0v) is 24.0. The molecule has 12 heteroatoms. The van der Waals surface area contributed by atoms with Gasteiger partial charge in [0.2, 0.25) is 6.79 Å². The van der Waals surface area contributed by atoms with Crippen molar-refractivity contribution in [3.63, 3.8) is 0 Å². The highest BCUT2D eigenvalue weighted by Gasteiger charge is 2.60. The maximum absolute atomic E-state index is 14.2. The second-order valence-electron chi connectivity index (χ2n) is 12.5. The molecule has 4 atom stereocenters. The lowest BCUT2D eigenvalue weighted by molar-refractivity contribution is -0.220. The van der Waals surface area contributed by atoms with Crippen molar-refractivity contribution in [1.82, 2.24) is 4.90 Å². The number of hydrogen-bond acceptors (Lipinski definition) is 9. The predicted molar refractivity (Wildman–Crippen MR) is 141 cm³/mol. The van der Waals surface area contributed by atoms with Crippen molar-refractivity contribution in [3.05, 3.63) is 35.1 Å². The molecule has 0 N–H and O–H groups in total. The number of esters is 2. The van der Waals surface area contributed by atoms with Crippen molar-refractivity contribution < 1.29 is 51.2 Å². The van der Waals surface area contributed by atoms with E-state index in [9.17, 15) is 22.8 Å². The van der Waals surface area contributed by atoms with Crippen LogP contribution in [0.3, 0.4) is 0 Å².